The monoisotopic (exact) mass is 446 g/mol. The average molecular weight is 447 g/mol. The normalized spacial score (nSPS) is 16.4. The Hall–Kier alpha value is -3.48. The van der Waals surface area contributed by atoms with Crippen LogP contribution >= 0.6 is 22.9 Å². The fraction of sp³-hybridized carbons (Fsp3) is 0.0417. The topological polar surface area (TPSA) is 70.5 Å². The maximum absolute atomic E-state index is 13.4. The van der Waals surface area contributed by atoms with E-state index in [1.807, 2.05) is 24.3 Å². The second-order valence-corrected chi connectivity index (χ2v) is 8.44. The molecule has 7 heteroatoms. The number of anilines is 1. The van der Waals surface area contributed by atoms with Crippen LogP contribution < -0.4 is 4.90 Å². The Morgan fingerprint density at radius 2 is 1.65 bits per heavy atom. The van der Waals surface area contributed by atoms with Crippen molar-refractivity contribution in [3.63, 3.8) is 0 Å². The number of aliphatic hydroxyl groups is 1. The number of rotatable bonds is 4. The number of hydrogen-bond acceptors (Lipinski definition) is 5. The van der Waals surface area contributed by atoms with Crippen LogP contribution in [0.25, 0.3) is 10.2 Å². The molecule has 0 bridgehead atoms. The molecule has 0 saturated heterocycles. The number of benzene rings is 3. The Bertz CT molecular complexity index is 1330. The highest BCUT2D eigenvalue weighted by molar-refractivity contribution is 7.22. The number of hydrogen-bond donors (Lipinski definition) is 1. The van der Waals surface area contributed by atoms with Gasteiger partial charge in [-0.15, -0.1) is 0 Å². The number of halogens is 1. The van der Waals surface area contributed by atoms with E-state index in [0.29, 0.717) is 21.3 Å². The van der Waals surface area contributed by atoms with Crippen LogP contribution in [0.15, 0.2) is 90.2 Å². The van der Waals surface area contributed by atoms with Crippen LogP contribution in [0, 0.1) is 0 Å². The predicted octanol–water partition coefficient (Wildman–Crippen LogP) is 5.73. The van der Waals surface area contributed by atoms with Gasteiger partial charge in [0.2, 0.25) is 0 Å². The number of carbonyl (C=O) groups is 2. The first-order chi connectivity index (χ1) is 15.1. The van der Waals surface area contributed by atoms with Crippen molar-refractivity contribution in [3.8, 4) is 0 Å². The van der Waals surface area contributed by atoms with Crippen LogP contribution in [-0.2, 0) is 4.79 Å². The van der Waals surface area contributed by atoms with E-state index >= 15 is 0 Å². The van der Waals surface area contributed by atoms with E-state index in [0.717, 1.165) is 10.2 Å². The summed E-state index contributed by atoms with van der Waals surface area (Å²) in [5, 5.41) is 11.6. The van der Waals surface area contributed by atoms with Gasteiger partial charge in [-0.05, 0) is 23.8 Å². The Labute approximate surface area is 186 Å². The number of Topliss-reactive ketones (excluding diaryl/α,β-unsaturated/α-hetero) is 1. The molecule has 1 amide bonds. The Kier molecular flexibility index (Phi) is 4.81. The van der Waals surface area contributed by atoms with E-state index in [2.05, 4.69) is 4.98 Å². The van der Waals surface area contributed by atoms with Crippen molar-refractivity contribution in [1.29, 1.82) is 0 Å². The van der Waals surface area contributed by atoms with E-state index < -0.39 is 23.5 Å². The molecule has 1 aliphatic heterocycles. The third-order valence-electron chi connectivity index (χ3n) is 5.18. The van der Waals surface area contributed by atoms with Crippen molar-refractivity contribution < 1.29 is 14.7 Å². The van der Waals surface area contributed by atoms with E-state index in [1.165, 1.54) is 16.2 Å². The van der Waals surface area contributed by atoms with Crippen molar-refractivity contribution in [2.45, 2.75) is 6.04 Å². The average Bonchev–Trinajstić information content (AvgIpc) is 3.33. The Balaban J connectivity index is 1.71. The lowest BCUT2D eigenvalue weighted by Gasteiger charge is -2.25. The molecule has 1 aromatic heterocycles. The number of amides is 1. The molecule has 1 atom stereocenters. The van der Waals surface area contributed by atoms with Crippen molar-refractivity contribution in [3.05, 3.63) is 106 Å². The standard InChI is InChI=1S/C24H15ClN2O3S/c25-16-11-5-4-10-15(16)20-19(21(28)14-8-2-1-3-9-14)22(29)23(30)27(20)24-26-17-12-6-7-13-18(17)31-24/h1-13,20,29H. The Morgan fingerprint density at radius 3 is 2.39 bits per heavy atom. The van der Waals surface area contributed by atoms with Crippen molar-refractivity contribution in [1.82, 2.24) is 4.98 Å². The number of nitrogens with zero attached hydrogens (tertiary/aromatic N) is 2. The van der Waals surface area contributed by atoms with E-state index in [-0.39, 0.29) is 5.57 Å². The lowest BCUT2D eigenvalue weighted by atomic mass is 9.93. The molecule has 3 aromatic carbocycles. The highest BCUT2D eigenvalue weighted by atomic mass is 35.5. The fourth-order valence-corrected chi connectivity index (χ4v) is 4.97. The van der Waals surface area contributed by atoms with E-state index in [9.17, 15) is 14.7 Å². The first kappa shape index (κ1) is 19.5. The second kappa shape index (κ2) is 7.65. The van der Waals surface area contributed by atoms with Gasteiger partial charge < -0.3 is 5.11 Å². The molecule has 0 radical (unpaired) electrons. The summed E-state index contributed by atoms with van der Waals surface area (Å²) in [5.74, 6) is -1.69. The molecule has 0 spiro atoms. The third-order valence-corrected chi connectivity index (χ3v) is 6.56. The summed E-state index contributed by atoms with van der Waals surface area (Å²) in [6.07, 6.45) is 0. The summed E-state index contributed by atoms with van der Waals surface area (Å²) in [6.45, 7) is 0. The maximum Gasteiger partial charge on any atom is 0.296 e. The number of carbonyl (C=O) groups excluding carboxylic acids is 2. The predicted molar refractivity (Wildman–Crippen MR) is 122 cm³/mol. The fourth-order valence-electron chi connectivity index (χ4n) is 3.73. The second-order valence-electron chi connectivity index (χ2n) is 7.02. The van der Waals surface area contributed by atoms with Gasteiger partial charge in [-0.3, -0.25) is 14.5 Å². The highest BCUT2D eigenvalue weighted by Crippen LogP contribution is 2.45. The van der Waals surface area contributed by atoms with Crippen LogP contribution in [0.5, 0.6) is 0 Å². The molecule has 1 aliphatic rings. The smallest absolute Gasteiger partial charge is 0.296 e. The zero-order valence-electron chi connectivity index (χ0n) is 16.0. The van der Waals surface area contributed by atoms with E-state index in [1.54, 1.807) is 54.6 Å². The number of fused-ring (bicyclic) bond motifs is 1. The summed E-state index contributed by atoms with van der Waals surface area (Å²) in [4.78, 5) is 32.5. The number of aromatic nitrogens is 1. The van der Waals surface area contributed by atoms with Crippen LogP contribution in [0.4, 0.5) is 5.13 Å². The maximum atomic E-state index is 13.4. The van der Waals surface area contributed by atoms with Gasteiger partial charge in [0.05, 0.1) is 21.8 Å². The van der Waals surface area contributed by atoms with Crippen molar-refractivity contribution in [2.75, 3.05) is 4.90 Å². The van der Waals surface area contributed by atoms with Crippen LogP contribution in [0.3, 0.4) is 0 Å². The third kappa shape index (κ3) is 3.21. The van der Waals surface area contributed by atoms with Gasteiger partial charge in [0.15, 0.2) is 16.7 Å². The van der Waals surface area contributed by atoms with Gasteiger partial charge in [0, 0.05) is 10.6 Å². The van der Waals surface area contributed by atoms with Gasteiger partial charge >= 0.3 is 0 Å². The number of thiazole rings is 1. The summed E-state index contributed by atoms with van der Waals surface area (Å²) in [5.41, 5.74) is 1.64. The molecule has 31 heavy (non-hydrogen) atoms. The lowest BCUT2D eigenvalue weighted by molar-refractivity contribution is -0.117. The highest BCUT2D eigenvalue weighted by Gasteiger charge is 2.46. The molecular weight excluding hydrogens is 432 g/mol. The number of para-hydroxylation sites is 1. The van der Waals surface area contributed by atoms with Crippen molar-refractivity contribution >= 4 is 50.0 Å². The summed E-state index contributed by atoms with van der Waals surface area (Å²) in [6, 6.07) is 22.2. The zero-order valence-corrected chi connectivity index (χ0v) is 17.6. The minimum Gasteiger partial charge on any atom is -0.503 e. The number of ketones is 1. The van der Waals surface area contributed by atoms with Crippen molar-refractivity contribution in [2.24, 2.45) is 0 Å². The first-order valence-electron chi connectivity index (χ1n) is 9.52. The SMILES string of the molecule is O=C(C1=C(O)C(=O)N(c2nc3ccccc3s2)C1c1ccccc1Cl)c1ccccc1. The minimum absolute atomic E-state index is 0.0106. The molecule has 1 N–H and O–H groups in total. The molecule has 5 nitrogen and oxygen atoms in total. The van der Waals surface area contributed by atoms with Gasteiger partial charge in [0.1, 0.15) is 0 Å². The molecule has 0 saturated carbocycles. The summed E-state index contributed by atoms with van der Waals surface area (Å²) >= 11 is 7.79. The van der Waals surface area contributed by atoms with Crippen LogP contribution in [0.2, 0.25) is 5.02 Å². The molecule has 1 unspecified atom stereocenters. The summed E-state index contributed by atoms with van der Waals surface area (Å²) < 4.78 is 0.894. The first-order valence-corrected chi connectivity index (χ1v) is 10.7. The molecular formula is C24H15ClN2O3S. The van der Waals surface area contributed by atoms with E-state index in [4.69, 9.17) is 11.6 Å². The summed E-state index contributed by atoms with van der Waals surface area (Å²) in [7, 11) is 0. The van der Waals surface area contributed by atoms with Crippen LogP contribution in [-0.4, -0.2) is 21.8 Å². The molecule has 0 fully saturated rings. The molecule has 2 heterocycles. The van der Waals surface area contributed by atoms with Gasteiger partial charge in [-0.25, -0.2) is 4.98 Å². The molecule has 152 valence electrons. The zero-order chi connectivity index (χ0) is 21.5. The molecule has 4 aromatic rings. The minimum atomic E-state index is -0.894. The molecule has 5 rings (SSSR count). The van der Waals surface area contributed by atoms with Gasteiger partial charge in [0.25, 0.3) is 5.91 Å². The van der Waals surface area contributed by atoms with Gasteiger partial charge in [-0.2, -0.15) is 0 Å². The largest absolute Gasteiger partial charge is 0.503 e. The Morgan fingerprint density at radius 1 is 0.968 bits per heavy atom. The quantitative estimate of drug-likeness (QED) is 0.406. The molecule has 0 aliphatic carbocycles. The van der Waals surface area contributed by atoms with Crippen LogP contribution in [0.1, 0.15) is 22.0 Å². The van der Waals surface area contributed by atoms with Gasteiger partial charge in [-0.1, -0.05) is 83.6 Å². The lowest BCUT2D eigenvalue weighted by Crippen LogP contribution is -2.31. The number of aliphatic hydroxyl groups excluding tert-OH is 1.